The van der Waals surface area contributed by atoms with Crippen LogP contribution in [0.4, 0.5) is 0 Å². The van der Waals surface area contributed by atoms with Gasteiger partial charge >= 0.3 is 5.97 Å². The van der Waals surface area contributed by atoms with Gasteiger partial charge in [-0.2, -0.15) is 0 Å². The molecule has 2 aromatic rings. The number of ketones is 1. The summed E-state index contributed by atoms with van der Waals surface area (Å²) in [5.41, 5.74) is 11.5. The van der Waals surface area contributed by atoms with Crippen molar-refractivity contribution in [3.63, 3.8) is 0 Å². The fourth-order valence-corrected chi connectivity index (χ4v) is 6.03. The van der Waals surface area contributed by atoms with Crippen molar-refractivity contribution in [1.29, 1.82) is 0 Å². The zero-order valence-corrected chi connectivity index (χ0v) is 24.3. The Morgan fingerprint density at radius 1 is 1.12 bits per heavy atom. The number of esters is 1. The first kappa shape index (κ1) is 28.4. The minimum atomic E-state index is -0.432. The Morgan fingerprint density at radius 2 is 1.88 bits per heavy atom. The highest BCUT2D eigenvalue weighted by Crippen LogP contribution is 2.37. The predicted octanol–water partition coefficient (Wildman–Crippen LogP) is 5.37. The number of hydrogen-bond acceptors (Lipinski definition) is 7. The van der Waals surface area contributed by atoms with Gasteiger partial charge in [0.1, 0.15) is 5.69 Å². The second-order valence-corrected chi connectivity index (χ2v) is 11.4. The molecule has 3 aliphatic rings. The summed E-state index contributed by atoms with van der Waals surface area (Å²) in [7, 11) is 1.36. The third kappa shape index (κ3) is 6.12. The largest absolute Gasteiger partial charge is 0.464 e. The molecule has 0 spiro atoms. The van der Waals surface area contributed by atoms with E-state index < -0.39 is 5.97 Å². The van der Waals surface area contributed by atoms with E-state index in [0.717, 1.165) is 56.0 Å². The van der Waals surface area contributed by atoms with E-state index in [0.29, 0.717) is 45.4 Å². The Bertz CT molecular complexity index is 1390. The SMILES string of the molecule is COC(=O)c1ccc2c(n1)CC=CC(N1CCN(CCC(C(=O)C3CC3)=C(N)c3c(Cl)cccc3Cl)C(C)C1)=C2. The summed E-state index contributed by atoms with van der Waals surface area (Å²) in [6, 6.07) is 9.19. The summed E-state index contributed by atoms with van der Waals surface area (Å²) >= 11 is 12.9. The zero-order valence-electron chi connectivity index (χ0n) is 22.8. The van der Waals surface area contributed by atoms with Gasteiger partial charge in [0.15, 0.2) is 5.78 Å². The molecule has 5 rings (SSSR count). The molecular weight excluding hydrogens is 547 g/mol. The van der Waals surface area contributed by atoms with Gasteiger partial charge in [0.25, 0.3) is 0 Å². The molecule has 0 bridgehead atoms. The molecule has 2 aliphatic carbocycles. The predicted molar refractivity (Wildman–Crippen MR) is 159 cm³/mol. The average Bonchev–Trinajstić information content (AvgIpc) is 3.80. The number of fused-ring (bicyclic) bond motifs is 1. The van der Waals surface area contributed by atoms with Crippen LogP contribution in [0.2, 0.25) is 10.0 Å². The Labute approximate surface area is 245 Å². The number of nitrogens with zero attached hydrogens (tertiary/aromatic N) is 3. The van der Waals surface area contributed by atoms with Crippen LogP contribution < -0.4 is 5.73 Å². The van der Waals surface area contributed by atoms with Gasteiger partial charge in [-0.25, -0.2) is 9.78 Å². The lowest BCUT2D eigenvalue weighted by atomic mass is 9.97. The molecular formula is C31H34Cl2N4O3. The lowest BCUT2D eigenvalue weighted by molar-refractivity contribution is -0.116. The molecule has 2 fully saturated rings. The molecule has 9 heteroatoms. The number of benzene rings is 1. The first-order chi connectivity index (χ1) is 19.3. The minimum Gasteiger partial charge on any atom is -0.464 e. The Kier molecular flexibility index (Phi) is 8.64. The van der Waals surface area contributed by atoms with Crippen molar-refractivity contribution < 1.29 is 14.3 Å². The molecule has 40 heavy (non-hydrogen) atoms. The van der Waals surface area contributed by atoms with Crippen molar-refractivity contribution in [1.82, 2.24) is 14.8 Å². The number of piperazine rings is 1. The van der Waals surface area contributed by atoms with E-state index in [1.807, 2.05) is 6.07 Å². The summed E-state index contributed by atoms with van der Waals surface area (Å²) in [6.07, 6.45) is 9.38. The van der Waals surface area contributed by atoms with Gasteiger partial charge < -0.3 is 15.4 Å². The number of Topliss-reactive ketones (excluding diaryl/α,β-unsaturated/α-hetero) is 1. The van der Waals surface area contributed by atoms with Crippen LogP contribution >= 0.6 is 23.2 Å². The molecule has 0 radical (unpaired) electrons. The van der Waals surface area contributed by atoms with E-state index >= 15 is 0 Å². The minimum absolute atomic E-state index is 0.0547. The number of halogens is 2. The summed E-state index contributed by atoms with van der Waals surface area (Å²) in [5, 5.41) is 0.909. The highest BCUT2D eigenvalue weighted by molar-refractivity contribution is 6.37. The van der Waals surface area contributed by atoms with Crippen molar-refractivity contribution >= 4 is 46.7 Å². The van der Waals surface area contributed by atoms with Crippen LogP contribution in [0.15, 0.2) is 53.8 Å². The molecule has 0 amide bonds. The van der Waals surface area contributed by atoms with Crippen LogP contribution in [-0.4, -0.2) is 65.9 Å². The molecule has 2 N–H and O–H groups in total. The fraction of sp³-hybridized carbons (Fsp3) is 0.387. The highest BCUT2D eigenvalue weighted by Gasteiger charge is 2.34. The molecule has 7 nitrogen and oxygen atoms in total. The third-order valence-electron chi connectivity index (χ3n) is 7.89. The summed E-state index contributed by atoms with van der Waals surface area (Å²) < 4.78 is 4.82. The van der Waals surface area contributed by atoms with Crippen LogP contribution in [-0.2, 0) is 16.0 Å². The quantitative estimate of drug-likeness (QED) is 0.331. The molecule has 1 aromatic heterocycles. The van der Waals surface area contributed by atoms with Gasteiger partial charge in [-0.1, -0.05) is 41.4 Å². The third-order valence-corrected chi connectivity index (χ3v) is 8.52. The van der Waals surface area contributed by atoms with Crippen LogP contribution in [0, 0.1) is 5.92 Å². The van der Waals surface area contributed by atoms with Gasteiger partial charge in [-0.15, -0.1) is 0 Å². The summed E-state index contributed by atoms with van der Waals surface area (Å²) in [6.45, 7) is 5.50. The molecule has 1 saturated heterocycles. The zero-order chi connectivity index (χ0) is 28.4. The van der Waals surface area contributed by atoms with E-state index in [1.165, 1.54) is 7.11 Å². The van der Waals surface area contributed by atoms with Crippen LogP contribution in [0.25, 0.3) is 11.8 Å². The number of carbonyl (C=O) groups excluding carboxylic acids is 2. The Balaban J connectivity index is 1.29. The van der Waals surface area contributed by atoms with Crippen LogP contribution in [0.5, 0.6) is 0 Å². The van der Waals surface area contributed by atoms with Crippen molar-refractivity contribution in [3.8, 4) is 0 Å². The van der Waals surface area contributed by atoms with E-state index in [2.05, 4.69) is 39.9 Å². The Morgan fingerprint density at radius 3 is 2.55 bits per heavy atom. The van der Waals surface area contributed by atoms with Gasteiger partial charge in [-0.3, -0.25) is 9.69 Å². The van der Waals surface area contributed by atoms with Crippen molar-refractivity contribution in [2.75, 3.05) is 33.3 Å². The molecule has 1 unspecified atom stereocenters. The standard InChI is InChI=1S/C31H34Cl2N4O3/c1-19-18-37(22-5-3-8-26-21(17-22)11-12-27(35-26)31(39)40-2)16-15-36(19)14-13-23(30(38)20-9-10-20)29(34)28-24(32)6-4-7-25(28)33/h3-7,11-12,17,19-20H,8-10,13-16,18,34H2,1-2H3. The number of nitrogens with two attached hydrogens (primary N) is 1. The topological polar surface area (TPSA) is 88.8 Å². The van der Waals surface area contributed by atoms with Gasteiger partial charge in [0, 0.05) is 67.1 Å². The number of allylic oxidation sites excluding steroid dienone is 2. The maximum Gasteiger partial charge on any atom is 0.356 e. The fourth-order valence-electron chi connectivity index (χ4n) is 5.43. The lowest BCUT2D eigenvalue weighted by Crippen LogP contribution is -2.51. The van der Waals surface area contributed by atoms with Gasteiger partial charge in [0.2, 0.25) is 0 Å². The maximum atomic E-state index is 13.3. The number of ether oxygens (including phenoxy) is 1. The molecule has 1 atom stereocenters. The number of methoxy groups -OCH3 is 1. The van der Waals surface area contributed by atoms with Crippen LogP contribution in [0.3, 0.4) is 0 Å². The summed E-state index contributed by atoms with van der Waals surface area (Å²) in [4.78, 5) is 34.5. The molecule has 1 aliphatic heterocycles. The maximum absolute atomic E-state index is 13.3. The van der Waals surface area contributed by atoms with E-state index in [-0.39, 0.29) is 17.7 Å². The number of aromatic nitrogens is 1. The average molecular weight is 582 g/mol. The molecule has 1 saturated carbocycles. The number of hydrogen-bond donors (Lipinski definition) is 1. The highest BCUT2D eigenvalue weighted by atomic mass is 35.5. The second kappa shape index (κ2) is 12.2. The first-order valence-corrected chi connectivity index (χ1v) is 14.4. The lowest BCUT2D eigenvalue weighted by Gasteiger charge is -2.41. The van der Waals surface area contributed by atoms with Gasteiger partial charge in [0.05, 0.1) is 22.8 Å². The monoisotopic (exact) mass is 580 g/mol. The molecule has 2 heterocycles. The first-order valence-electron chi connectivity index (χ1n) is 13.7. The van der Waals surface area contributed by atoms with Crippen LogP contribution in [0.1, 0.15) is 53.5 Å². The number of carbonyl (C=O) groups is 2. The molecule has 1 aromatic carbocycles. The summed E-state index contributed by atoms with van der Waals surface area (Å²) in [5.74, 6) is -0.256. The van der Waals surface area contributed by atoms with Crippen molar-refractivity contribution in [2.24, 2.45) is 11.7 Å². The van der Waals surface area contributed by atoms with Crippen molar-refractivity contribution in [2.45, 2.75) is 38.6 Å². The number of rotatable bonds is 8. The van der Waals surface area contributed by atoms with E-state index in [9.17, 15) is 9.59 Å². The van der Waals surface area contributed by atoms with Crippen molar-refractivity contribution in [3.05, 3.63) is 86.3 Å². The second-order valence-electron chi connectivity index (χ2n) is 10.6. The van der Waals surface area contributed by atoms with E-state index in [4.69, 9.17) is 33.7 Å². The van der Waals surface area contributed by atoms with E-state index in [1.54, 1.807) is 24.3 Å². The normalized spacial score (nSPS) is 19.9. The van der Waals surface area contributed by atoms with Gasteiger partial charge in [-0.05, 0) is 62.1 Å². The smallest absolute Gasteiger partial charge is 0.356 e. The molecule has 210 valence electrons. The number of pyridine rings is 1. The Hall–Kier alpha value is -3.13.